The van der Waals surface area contributed by atoms with E-state index in [1.54, 1.807) is 19.2 Å². The zero-order valence-corrected chi connectivity index (χ0v) is 10.9. The van der Waals surface area contributed by atoms with Crippen molar-refractivity contribution in [2.75, 3.05) is 26.0 Å². The Kier molecular flexibility index (Phi) is 4.44. The second-order valence-corrected chi connectivity index (χ2v) is 5.70. The monoisotopic (exact) mass is 259 g/mol. The first-order valence-corrected chi connectivity index (χ1v) is 6.60. The normalized spacial score (nSPS) is 13.7. The van der Waals surface area contributed by atoms with E-state index in [0.29, 0.717) is 5.69 Å². The number of rotatable bonds is 5. The molecule has 7 heteroatoms. The van der Waals surface area contributed by atoms with E-state index in [2.05, 4.69) is 10.3 Å². The molecule has 0 aliphatic heterocycles. The zero-order valence-electron chi connectivity index (χ0n) is 10.1. The second kappa shape index (κ2) is 5.44. The van der Waals surface area contributed by atoms with Gasteiger partial charge < -0.3 is 10.4 Å². The summed E-state index contributed by atoms with van der Waals surface area (Å²) >= 11 is 0. The molecule has 1 aromatic heterocycles. The second-order valence-electron chi connectivity index (χ2n) is 3.74. The van der Waals surface area contributed by atoms with Crippen LogP contribution in [0.3, 0.4) is 0 Å². The average Bonchev–Trinajstić information content (AvgIpc) is 2.28. The Morgan fingerprint density at radius 3 is 2.76 bits per heavy atom. The van der Waals surface area contributed by atoms with Crippen molar-refractivity contribution in [1.82, 2.24) is 9.29 Å². The molecule has 0 aromatic carbocycles. The Labute approximate surface area is 101 Å². The summed E-state index contributed by atoms with van der Waals surface area (Å²) in [6, 6.07) is 3.29. The molecular formula is C10H17N3O3S. The standard InChI is InChI=1S/C10H17N3O3S/c1-8(14)7-13(3)17(15,16)10-9(11-2)5-4-6-12-10/h4-6,8,11,14H,7H2,1-3H3. The average molecular weight is 259 g/mol. The number of hydrogen-bond acceptors (Lipinski definition) is 5. The highest BCUT2D eigenvalue weighted by atomic mass is 32.2. The van der Waals surface area contributed by atoms with Gasteiger partial charge in [0.05, 0.1) is 11.8 Å². The van der Waals surface area contributed by atoms with E-state index >= 15 is 0 Å². The van der Waals surface area contributed by atoms with Gasteiger partial charge in [0.25, 0.3) is 10.0 Å². The van der Waals surface area contributed by atoms with Crippen LogP contribution in [0.1, 0.15) is 6.92 Å². The molecular weight excluding hydrogens is 242 g/mol. The predicted octanol–water partition coefficient (Wildman–Crippen LogP) is 0.125. The molecule has 17 heavy (non-hydrogen) atoms. The van der Waals surface area contributed by atoms with Gasteiger partial charge in [-0.15, -0.1) is 0 Å². The number of pyridine rings is 1. The highest BCUT2D eigenvalue weighted by molar-refractivity contribution is 7.89. The fourth-order valence-corrected chi connectivity index (χ4v) is 2.75. The number of aliphatic hydroxyl groups excluding tert-OH is 1. The van der Waals surface area contributed by atoms with Gasteiger partial charge in [-0.25, -0.2) is 13.4 Å². The maximum atomic E-state index is 12.2. The third-order valence-corrected chi connectivity index (χ3v) is 4.00. The summed E-state index contributed by atoms with van der Waals surface area (Å²) in [5, 5.41) is 12.0. The summed E-state index contributed by atoms with van der Waals surface area (Å²) in [7, 11) is -0.635. The van der Waals surface area contributed by atoms with Crippen LogP contribution in [0.5, 0.6) is 0 Å². The Morgan fingerprint density at radius 2 is 2.24 bits per heavy atom. The summed E-state index contributed by atoms with van der Waals surface area (Å²) in [4.78, 5) is 3.88. The van der Waals surface area contributed by atoms with Gasteiger partial charge in [0, 0.05) is 26.8 Å². The van der Waals surface area contributed by atoms with Crippen molar-refractivity contribution in [3.05, 3.63) is 18.3 Å². The van der Waals surface area contributed by atoms with Crippen LogP contribution in [0.4, 0.5) is 5.69 Å². The van der Waals surface area contributed by atoms with Crippen LogP contribution in [-0.4, -0.2) is 49.6 Å². The lowest BCUT2D eigenvalue weighted by Crippen LogP contribution is -2.33. The number of anilines is 1. The van der Waals surface area contributed by atoms with Gasteiger partial charge in [0.1, 0.15) is 0 Å². The molecule has 0 fully saturated rings. The van der Waals surface area contributed by atoms with Gasteiger partial charge in [0.15, 0.2) is 5.03 Å². The minimum absolute atomic E-state index is 0.0298. The van der Waals surface area contributed by atoms with Gasteiger partial charge in [-0.2, -0.15) is 4.31 Å². The highest BCUT2D eigenvalue weighted by Crippen LogP contribution is 2.20. The third kappa shape index (κ3) is 3.15. The lowest BCUT2D eigenvalue weighted by molar-refractivity contribution is 0.171. The van der Waals surface area contributed by atoms with Crippen molar-refractivity contribution in [2.45, 2.75) is 18.1 Å². The summed E-state index contributed by atoms with van der Waals surface area (Å²) in [6.45, 7) is 1.56. The lowest BCUT2D eigenvalue weighted by Gasteiger charge is -2.19. The minimum atomic E-state index is -3.68. The van der Waals surface area contributed by atoms with E-state index in [1.807, 2.05) is 0 Å². The quantitative estimate of drug-likeness (QED) is 0.785. The molecule has 0 radical (unpaired) electrons. The molecule has 96 valence electrons. The smallest absolute Gasteiger partial charge is 0.262 e. The van der Waals surface area contributed by atoms with Gasteiger partial charge in [-0.1, -0.05) is 0 Å². The van der Waals surface area contributed by atoms with E-state index in [1.165, 1.54) is 20.2 Å². The molecule has 0 aliphatic rings. The fraction of sp³-hybridized carbons (Fsp3) is 0.500. The van der Waals surface area contributed by atoms with Crippen molar-refractivity contribution in [3.63, 3.8) is 0 Å². The molecule has 1 rings (SSSR count). The van der Waals surface area contributed by atoms with Crippen molar-refractivity contribution in [3.8, 4) is 0 Å². The van der Waals surface area contributed by atoms with E-state index in [4.69, 9.17) is 0 Å². The van der Waals surface area contributed by atoms with E-state index in [-0.39, 0.29) is 11.6 Å². The minimum Gasteiger partial charge on any atom is -0.392 e. The first-order chi connectivity index (χ1) is 7.89. The predicted molar refractivity (Wildman–Crippen MR) is 65.3 cm³/mol. The molecule has 1 atom stereocenters. The Balaban J connectivity index is 3.13. The molecule has 0 saturated heterocycles. The number of aromatic nitrogens is 1. The van der Waals surface area contributed by atoms with Gasteiger partial charge in [-0.3, -0.25) is 0 Å². The van der Waals surface area contributed by atoms with Crippen LogP contribution in [0.25, 0.3) is 0 Å². The number of nitrogens with one attached hydrogen (secondary N) is 1. The zero-order chi connectivity index (χ0) is 13.1. The molecule has 0 aliphatic carbocycles. The van der Waals surface area contributed by atoms with Crippen LogP contribution in [0.2, 0.25) is 0 Å². The van der Waals surface area contributed by atoms with E-state index < -0.39 is 16.1 Å². The van der Waals surface area contributed by atoms with Crippen molar-refractivity contribution < 1.29 is 13.5 Å². The molecule has 0 bridgehead atoms. The van der Waals surface area contributed by atoms with Crippen molar-refractivity contribution in [1.29, 1.82) is 0 Å². The Morgan fingerprint density at radius 1 is 1.59 bits per heavy atom. The lowest BCUT2D eigenvalue weighted by atomic mass is 10.4. The van der Waals surface area contributed by atoms with Gasteiger partial charge in [0.2, 0.25) is 0 Å². The topological polar surface area (TPSA) is 82.5 Å². The van der Waals surface area contributed by atoms with Gasteiger partial charge >= 0.3 is 0 Å². The highest BCUT2D eigenvalue weighted by Gasteiger charge is 2.25. The number of nitrogens with zero attached hydrogens (tertiary/aromatic N) is 2. The number of hydrogen-bond donors (Lipinski definition) is 2. The Hall–Kier alpha value is -1.18. The van der Waals surface area contributed by atoms with Crippen molar-refractivity contribution in [2.24, 2.45) is 0 Å². The number of sulfonamides is 1. The summed E-state index contributed by atoms with van der Waals surface area (Å²) in [6.07, 6.45) is 0.695. The summed E-state index contributed by atoms with van der Waals surface area (Å²) in [5.74, 6) is 0. The van der Waals surface area contributed by atoms with E-state index in [0.717, 1.165) is 4.31 Å². The fourth-order valence-electron chi connectivity index (χ4n) is 1.40. The maximum Gasteiger partial charge on any atom is 0.262 e. The first-order valence-electron chi connectivity index (χ1n) is 5.16. The number of likely N-dealkylation sites (N-methyl/N-ethyl adjacent to an activating group) is 1. The molecule has 0 spiro atoms. The molecule has 0 saturated carbocycles. The number of aliphatic hydroxyl groups is 1. The first kappa shape index (κ1) is 13.9. The molecule has 0 amide bonds. The van der Waals surface area contributed by atoms with Crippen LogP contribution in [-0.2, 0) is 10.0 Å². The summed E-state index contributed by atoms with van der Waals surface area (Å²) < 4.78 is 25.4. The van der Waals surface area contributed by atoms with Crippen LogP contribution < -0.4 is 5.32 Å². The van der Waals surface area contributed by atoms with Crippen molar-refractivity contribution >= 4 is 15.7 Å². The molecule has 1 unspecified atom stereocenters. The SMILES string of the molecule is CNc1cccnc1S(=O)(=O)N(C)CC(C)O. The third-order valence-electron chi connectivity index (χ3n) is 2.22. The van der Waals surface area contributed by atoms with Crippen LogP contribution in [0.15, 0.2) is 23.4 Å². The van der Waals surface area contributed by atoms with Gasteiger partial charge in [-0.05, 0) is 19.1 Å². The molecule has 1 heterocycles. The Bertz CT molecular complexity index is 473. The van der Waals surface area contributed by atoms with Crippen LogP contribution in [0, 0.1) is 0 Å². The van der Waals surface area contributed by atoms with Crippen LogP contribution >= 0.6 is 0 Å². The molecule has 6 nitrogen and oxygen atoms in total. The molecule has 1 aromatic rings. The van der Waals surface area contributed by atoms with E-state index in [9.17, 15) is 13.5 Å². The molecule has 2 N–H and O–H groups in total. The summed E-state index contributed by atoms with van der Waals surface area (Å²) in [5.41, 5.74) is 0.435. The maximum absolute atomic E-state index is 12.2. The largest absolute Gasteiger partial charge is 0.392 e.